The van der Waals surface area contributed by atoms with Gasteiger partial charge < -0.3 is 19.8 Å². The van der Waals surface area contributed by atoms with Crippen LogP contribution in [0.15, 0.2) is 0 Å². The molecule has 0 spiro atoms. The third kappa shape index (κ3) is 25.7. The van der Waals surface area contributed by atoms with E-state index in [0.717, 1.165) is 25.7 Å². The monoisotopic (exact) mass is 444 g/mol. The Kier molecular flexibility index (Phi) is 25.6. The van der Waals surface area contributed by atoms with Crippen LogP contribution < -0.4 is 10.2 Å². The summed E-state index contributed by atoms with van der Waals surface area (Å²) in [6, 6.07) is 0. The van der Waals surface area contributed by atoms with Crippen molar-refractivity contribution in [3.63, 3.8) is 0 Å². The second kappa shape index (κ2) is 20.4. The van der Waals surface area contributed by atoms with Crippen LogP contribution in [0.25, 0.3) is 0 Å². The van der Waals surface area contributed by atoms with E-state index in [9.17, 15) is 19.8 Å². The van der Waals surface area contributed by atoms with Gasteiger partial charge in [0.25, 0.3) is 0 Å². The van der Waals surface area contributed by atoms with Gasteiger partial charge in [-0.2, -0.15) is 25.3 Å². The number of unbranched alkanes of at least 4 members (excludes halogenated alkanes) is 2. The molecule has 0 aliphatic carbocycles. The number of carboxylic acids is 2. The number of aliphatic carboxylic acids is 2. The zero-order valence-electron chi connectivity index (χ0n) is 13.4. The molecule has 2 atom stereocenters. The Bertz CT molecular complexity index is 229. The minimum atomic E-state index is -1.06. The molecule has 0 bridgehead atoms. The molecule has 0 rings (SSSR count). The number of carbonyl (C=O) groups is 2. The first kappa shape index (κ1) is 26.3. The Morgan fingerprint density at radius 3 is 1.29 bits per heavy atom. The molecule has 0 aromatic heterocycles. The van der Waals surface area contributed by atoms with Crippen molar-refractivity contribution in [3.05, 3.63) is 0 Å². The van der Waals surface area contributed by atoms with Crippen molar-refractivity contribution in [2.75, 3.05) is 0 Å². The van der Waals surface area contributed by atoms with Crippen molar-refractivity contribution in [2.45, 2.75) is 72.8 Å². The van der Waals surface area contributed by atoms with Gasteiger partial charge in [-0.3, -0.25) is 0 Å². The first-order valence-corrected chi connectivity index (χ1v) is 13.9. The van der Waals surface area contributed by atoms with E-state index in [1.54, 1.807) is 0 Å². The molecule has 0 fully saturated rings. The molecule has 0 N–H and O–H groups in total. The van der Waals surface area contributed by atoms with Crippen LogP contribution in [0.3, 0.4) is 0 Å². The molecular weight excluding hydrogens is 415 g/mol. The molecule has 0 saturated heterocycles. The van der Waals surface area contributed by atoms with Gasteiger partial charge in [0.15, 0.2) is 0 Å². The van der Waals surface area contributed by atoms with Gasteiger partial charge in [0.2, 0.25) is 0 Å². The Morgan fingerprint density at radius 2 is 1.14 bits per heavy atom. The van der Waals surface area contributed by atoms with Crippen molar-refractivity contribution in [2.24, 2.45) is 0 Å². The Morgan fingerprint density at radius 1 is 0.905 bits per heavy atom. The number of thiol groups is 2. The van der Waals surface area contributed by atoms with Gasteiger partial charge in [-0.05, 0) is 12.8 Å². The van der Waals surface area contributed by atoms with E-state index in [4.69, 9.17) is 0 Å². The van der Waals surface area contributed by atoms with Crippen molar-refractivity contribution >= 4 is 58.3 Å². The zero-order chi connectivity index (χ0) is 17.3. The third-order valence-corrected chi connectivity index (χ3v) is 3.14. The summed E-state index contributed by atoms with van der Waals surface area (Å²) in [7, 11) is 0. The van der Waals surface area contributed by atoms with E-state index >= 15 is 0 Å². The number of carbonyl (C=O) groups excluding carboxylic acids is 2. The molecule has 0 heterocycles. The topological polar surface area (TPSA) is 80.3 Å². The Labute approximate surface area is 150 Å². The van der Waals surface area contributed by atoms with E-state index in [2.05, 4.69) is 35.1 Å². The zero-order valence-corrected chi connectivity index (χ0v) is 18.1. The van der Waals surface area contributed by atoms with Crippen LogP contribution in [0.1, 0.15) is 52.4 Å². The number of rotatable bonds is 8. The van der Waals surface area contributed by atoms with Crippen molar-refractivity contribution in [1.29, 1.82) is 0 Å². The summed E-state index contributed by atoms with van der Waals surface area (Å²) < 4.78 is 0. The standard InChI is InChI=1S/2C6H12O2S.2CH3.Sn/c2*1-2-3-4-5(9)6(7)8;;;/h2*5,9H,2-4H2,1H3,(H,7,8);2*1H3;/q;;;;+2/p-2. The maximum absolute atomic E-state index is 10.0. The summed E-state index contributed by atoms with van der Waals surface area (Å²) in [6.45, 7) is 4.02. The van der Waals surface area contributed by atoms with E-state index in [0.29, 0.717) is 12.8 Å². The van der Waals surface area contributed by atoms with Crippen molar-refractivity contribution in [3.8, 4) is 0 Å². The van der Waals surface area contributed by atoms with Crippen LogP contribution in [-0.2, 0) is 9.59 Å². The van der Waals surface area contributed by atoms with Gasteiger partial charge in [-0.1, -0.05) is 39.5 Å². The van der Waals surface area contributed by atoms with Crippen LogP contribution >= 0.6 is 25.3 Å². The first-order chi connectivity index (χ1) is 9.78. The number of hydrogen-bond acceptors (Lipinski definition) is 6. The summed E-state index contributed by atoms with van der Waals surface area (Å²) in [5.41, 5.74) is 0. The minimum absolute atomic E-state index is 0.230. The van der Waals surface area contributed by atoms with Gasteiger partial charge >= 0.3 is 31.0 Å². The molecule has 0 radical (unpaired) electrons. The van der Waals surface area contributed by atoms with E-state index < -0.39 is 22.4 Å². The average molecular weight is 443 g/mol. The fourth-order valence-electron chi connectivity index (χ4n) is 1.03. The van der Waals surface area contributed by atoms with Gasteiger partial charge in [-0.25, -0.2) is 0 Å². The van der Waals surface area contributed by atoms with Gasteiger partial charge in [0, 0.05) is 10.5 Å². The second-order valence-electron chi connectivity index (χ2n) is 4.45. The summed E-state index contributed by atoms with van der Waals surface area (Å²) in [6.07, 6.45) is 5.04. The molecule has 7 heteroatoms. The first-order valence-electron chi connectivity index (χ1n) is 7.14. The van der Waals surface area contributed by atoms with Crippen molar-refractivity contribution < 1.29 is 19.8 Å². The van der Waals surface area contributed by atoms with Gasteiger partial charge in [0.05, 0.1) is 11.9 Å². The van der Waals surface area contributed by atoms with Crippen LogP contribution in [0.5, 0.6) is 0 Å². The van der Waals surface area contributed by atoms with E-state index in [1.165, 1.54) is 0 Å². The summed E-state index contributed by atoms with van der Waals surface area (Å²) >= 11 is 7.82. The molecule has 2 unspecified atom stereocenters. The van der Waals surface area contributed by atoms with Crippen LogP contribution in [0.4, 0.5) is 0 Å². The summed E-state index contributed by atoms with van der Waals surface area (Å²) in [4.78, 5) is 24.6. The maximum atomic E-state index is 10.0. The van der Waals surface area contributed by atoms with Crippen LogP contribution in [-0.4, -0.2) is 43.6 Å². The molecular formula is C14H28O4S2Sn. The Balaban J connectivity index is -0.000000260. The molecule has 21 heavy (non-hydrogen) atoms. The predicted molar refractivity (Wildman–Crippen MR) is 92.1 cm³/mol. The quantitative estimate of drug-likeness (QED) is 0.437. The van der Waals surface area contributed by atoms with Gasteiger partial charge in [-0.15, -0.1) is 0 Å². The average Bonchev–Trinajstić information content (AvgIpc) is 2.43. The normalized spacial score (nSPS) is 11.7. The molecule has 4 nitrogen and oxygen atoms in total. The SMILES string of the molecule is CCCCC(S)C(=O)[O-].CCCCC(S)C(=O)[O-].[CH3][Sn+2][CH3]. The molecule has 0 aromatic rings. The molecule has 0 aliphatic rings. The molecule has 124 valence electrons. The molecule has 0 saturated carbocycles. The second-order valence-corrected chi connectivity index (χ2v) is 8.55. The van der Waals surface area contributed by atoms with E-state index in [1.807, 2.05) is 13.8 Å². The fourth-order valence-corrected chi connectivity index (χ4v) is 1.40. The van der Waals surface area contributed by atoms with Gasteiger partial charge in [0.1, 0.15) is 0 Å². The predicted octanol–water partition coefficient (Wildman–Crippen LogP) is 1.24. The van der Waals surface area contributed by atoms with E-state index in [-0.39, 0.29) is 21.1 Å². The molecule has 0 aromatic carbocycles. The van der Waals surface area contributed by atoms with Crippen molar-refractivity contribution in [1.82, 2.24) is 0 Å². The fraction of sp³-hybridized carbons (Fsp3) is 0.857. The third-order valence-electron chi connectivity index (χ3n) is 2.21. The summed E-state index contributed by atoms with van der Waals surface area (Å²) in [5.74, 6) is -2.13. The number of carboxylic acid groups (broad SMARTS) is 2. The van der Waals surface area contributed by atoms with Crippen LogP contribution in [0, 0.1) is 0 Å². The van der Waals surface area contributed by atoms with Crippen LogP contribution in [0.2, 0.25) is 9.88 Å². The number of hydrogen-bond donors (Lipinski definition) is 2. The molecule has 0 aliphatic heterocycles. The molecule has 0 amide bonds. The summed E-state index contributed by atoms with van der Waals surface area (Å²) in [5, 5.41) is 18.9. The Hall–Kier alpha value is 0.439.